The van der Waals surface area contributed by atoms with Crippen molar-refractivity contribution in [1.82, 2.24) is 10.4 Å². The van der Waals surface area contributed by atoms with Gasteiger partial charge >= 0.3 is 11.8 Å². The number of amides is 3. The minimum atomic E-state index is -1.07. The first kappa shape index (κ1) is 13.4. The van der Waals surface area contributed by atoms with Crippen LogP contribution in [0.2, 0.25) is 0 Å². The van der Waals surface area contributed by atoms with Crippen LogP contribution in [0, 0.1) is 0 Å². The molecule has 3 N–H and O–H groups in total. The molecule has 0 spiro atoms. The molecule has 6 heteroatoms. The zero-order chi connectivity index (χ0) is 11.8. The highest BCUT2D eigenvalue weighted by molar-refractivity contribution is 6.34. The van der Waals surface area contributed by atoms with Gasteiger partial charge in [0, 0.05) is 13.5 Å². The molecule has 0 aromatic carbocycles. The summed E-state index contributed by atoms with van der Waals surface area (Å²) < 4.78 is 0. The lowest BCUT2D eigenvalue weighted by atomic mass is 10.2. The summed E-state index contributed by atoms with van der Waals surface area (Å²) in [6.07, 6.45) is 2.62. The van der Waals surface area contributed by atoms with Crippen LogP contribution in [0.5, 0.6) is 0 Å². The van der Waals surface area contributed by atoms with Crippen LogP contribution >= 0.6 is 0 Å². The highest BCUT2D eigenvalue weighted by Gasteiger charge is 2.19. The highest BCUT2D eigenvalue weighted by Crippen LogP contribution is 1.96. The Labute approximate surface area is 88.8 Å². The minimum Gasteiger partial charge on any atom is -0.361 e. The van der Waals surface area contributed by atoms with E-state index >= 15 is 0 Å². The molecule has 0 fully saturated rings. The fourth-order valence-corrected chi connectivity index (χ4v) is 1.05. The van der Waals surface area contributed by atoms with Crippen LogP contribution in [0.25, 0.3) is 0 Å². The summed E-state index contributed by atoms with van der Waals surface area (Å²) in [5.41, 5.74) is 7.10. The number of nitrogens with one attached hydrogen (secondary N) is 1. The topological polar surface area (TPSA) is 92.5 Å². The third kappa shape index (κ3) is 5.66. The molecule has 6 nitrogen and oxygen atoms in total. The number of nitrogens with two attached hydrogens (primary N) is 1. The van der Waals surface area contributed by atoms with E-state index in [9.17, 15) is 14.4 Å². The van der Waals surface area contributed by atoms with E-state index in [2.05, 4.69) is 5.43 Å². The van der Waals surface area contributed by atoms with Crippen LogP contribution in [0.4, 0.5) is 0 Å². The molecule has 0 rings (SSSR count). The van der Waals surface area contributed by atoms with Gasteiger partial charge in [0.25, 0.3) is 0 Å². The Hall–Kier alpha value is -1.59. The Morgan fingerprint density at radius 3 is 2.27 bits per heavy atom. The third-order valence-corrected chi connectivity index (χ3v) is 1.73. The molecular weight excluding hydrogens is 198 g/mol. The SMILES string of the molecule is CCCCCN(NC(C)=O)C(=O)C(N)=O. The minimum absolute atomic E-state index is 0.301. The maximum absolute atomic E-state index is 11.2. The van der Waals surface area contributed by atoms with Gasteiger partial charge in [0.15, 0.2) is 0 Å². The molecule has 3 amide bonds. The van der Waals surface area contributed by atoms with Crippen LogP contribution in [0.15, 0.2) is 0 Å². The molecule has 0 radical (unpaired) electrons. The third-order valence-electron chi connectivity index (χ3n) is 1.73. The average molecular weight is 215 g/mol. The molecule has 0 aliphatic carbocycles. The van der Waals surface area contributed by atoms with Gasteiger partial charge in [0.2, 0.25) is 5.91 Å². The second kappa shape index (κ2) is 6.80. The maximum Gasteiger partial charge on any atom is 0.330 e. The summed E-state index contributed by atoms with van der Waals surface area (Å²) >= 11 is 0. The van der Waals surface area contributed by atoms with Crippen molar-refractivity contribution in [3.8, 4) is 0 Å². The number of hydrazine groups is 1. The molecule has 15 heavy (non-hydrogen) atoms. The molecule has 0 bridgehead atoms. The van der Waals surface area contributed by atoms with Crippen molar-refractivity contribution in [1.29, 1.82) is 0 Å². The van der Waals surface area contributed by atoms with Gasteiger partial charge in [-0.3, -0.25) is 19.8 Å². The van der Waals surface area contributed by atoms with E-state index < -0.39 is 17.7 Å². The van der Waals surface area contributed by atoms with Crippen molar-refractivity contribution in [2.75, 3.05) is 6.54 Å². The molecule has 0 unspecified atom stereocenters. The molecule has 0 aliphatic heterocycles. The Kier molecular flexibility index (Phi) is 6.08. The second-order valence-corrected chi connectivity index (χ2v) is 3.20. The maximum atomic E-state index is 11.2. The van der Waals surface area contributed by atoms with E-state index in [-0.39, 0.29) is 0 Å². The van der Waals surface area contributed by atoms with Crippen LogP contribution in [0.1, 0.15) is 33.1 Å². The smallest absolute Gasteiger partial charge is 0.330 e. The lowest BCUT2D eigenvalue weighted by molar-refractivity contribution is -0.149. The van der Waals surface area contributed by atoms with Crippen molar-refractivity contribution in [2.45, 2.75) is 33.1 Å². The van der Waals surface area contributed by atoms with Gasteiger partial charge in [-0.15, -0.1) is 0 Å². The van der Waals surface area contributed by atoms with E-state index in [4.69, 9.17) is 5.73 Å². The molecule has 0 aromatic rings. The first-order valence-corrected chi connectivity index (χ1v) is 4.87. The Morgan fingerprint density at radius 1 is 1.27 bits per heavy atom. The molecule has 0 heterocycles. The number of unbranched alkanes of at least 4 members (excludes halogenated alkanes) is 2. The Balaban J connectivity index is 4.24. The predicted molar refractivity (Wildman–Crippen MR) is 54.2 cm³/mol. The summed E-state index contributed by atoms with van der Waals surface area (Å²) in [6, 6.07) is 0. The number of carbonyl (C=O) groups is 3. The lowest BCUT2D eigenvalue weighted by Gasteiger charge is -2.20. The summed E-state index contributed by atoms with van der Waals surface area (Å²) in [4.78, 5) is 32.6. The van der Waals surface area contributed by atoms with Crippen molar-refractivity contribution in [2.24, 2.45) is 5.73 Å². The summed E-state index contributed by atoms with van der Waals surface area (Å²) in [7, 11) is 0. The van der Waals surface area contributed by atoms with E-state index in [1.165, 1.54) is 6.92 Å². The van der Waals surface area contributed by atoms with Gasteiger partial charge in [-0.05, 0) is 6.42 Å². The van der Waals surface area contributed by atoms with Gasteiger partial charge in [-0.1, -0.05) is 19.8 Å². The number of carbonyl (C=O) groups excluding carboxylic acids is 3. The van der Waals surface area contributed by atoms with E-state index in [1.807, 2.05) is 6.92 Å². The van der Waals surface area contributed by atoms with Crippen molar-refractivity contribution in [3.63, 3.8) is 0 Å². The second-order valence-electron chi connectivity index (χ2n) is 3.20. The lowest BCUT2D eigenvalue weighted by Crippen LogP contribution is -2.50. The zero-order valence-corrected chi connectivity index (χ0v) is 9.08. The van der Waals surface area contributed by atoms with Crippen LogP contribution < -0.4 is 11.2 Å². The van der Waals surface area contributed by atoms with Crippen LogP contribution in [-0.4, -0.2) is 29.3 Å². The number of nitrogens with zero attached hydrogens (tertiary/aromatic N) is 1. The molecule has 0 aliphatic rings. The first-order valence-electron chi connectivity index (χ1n) is 4.87. The Morgan fingerprint density at radius 2 is 1.87 bits per heavy atom. The molecule has 0 aromatic heterocycles. The molecular formula is C9H17N3O3. The standard InChI is InChI=1S/C9H17N3O3/c1-3-4-5-6-12(11-7(2)13)9(15)8(10)14/h3-6H2,1-2H3,(H2,10,14)(H,11,13). The highest BCUT2D eigenvalue weighted by atomic mass is 16.2. The number of hydrogen-bond acceptors (Lipinski definition) is 3. The number of primary amides is 1. The van der Waals surface area contributed by atoms with Crippen molar-refractivity contribution in [3.05, 3.63) is 0 Å². The van der Waals surface area contributed by atoms with Gasteiger partial charge in [-0.25, -0.2) is 5.01 Å². The van der Waals surface area contributed by atoms with Gasteiger partial charge < -0.3 is 5.73 Å². The summed E-state index contributed by atoms with van der Waals surface area (Å²) in [5.74, 6) is -2.36. The zero-order valence-electron chi connectivity index (χ0n) is 9.08. The van der Waals surface area contributed by atoms with Gasteiger partial charge in [0.05, 0.1) is 0 Å². The quantitative estimate of drug-likeness (QED) is 0.377. The van der Waals surface area contributed by atoms with Crippen molar-refractivity contribution >= 4 is 17.7 Å². The predicted octanol–water partition coefficient (Wildman–Crippen LogP) is -0.458. The van der Waals surface area contributed by atoms with Crippen LogP contribution in [-0.2, 0) is 14.4 Å². The van der Waals surface area contributed by atoms with E-state index in [1.54, 1.807) is 0 Å². The normalized spacial score (nSPS) is 9.47. The fourth-order valence-electron chi connectivity index (χ4n) is 1.05. The van der Waals surface area contributed by atoms with E-state index in [0.717, 1.165) is 24.3 Å². The molecule has 86 valence electrons. The first-order chi connectivity index (χ1) is 6.99. The Bertz CT molecular complexity index is 253. The van der Waals surface area contributed by atoms with E-state index in [0.29, 0.717) is 6.54 Å². The monoisotopic (exact) mass is 215 g/mol. The van der Waals surface area contributed by atoms with Gasteiger partial charge in [0.1, 0.15) is 0 Å². The summed E-state index contributed by atoms with van der Waals surface area (Å²) in [5, 5.41) is 0.959. The number of hydrogen-bond donors (Lipinski definition) is 2. The number of rotatable bonds is 4. The average Bonchev–Trinajstić information content (AvgIpc) is 2.14. The summed E-state index contributed by atoms with van der Waals surface area (Å²) in [6.45, 7) is 3.58. The largest absolute Gasteiger partial charge is 0.361 e. The fraction of sp³-hybridized carbons (Fsp3) is 0.667. The molecule has 0 saturated carbocycles. The molecule has 0 atom stereocenters. The molecule has 0 saturated heterocycles. The van der Waals surface area contributed by atoms with Gasteiger partial charge in [-0.2, -0.15) is 0 Å². The van der Waals surface area contributed by atoms with Crippen LogP contribution in [0.3, 0.4) is 0 Å². The van der Waals surface area contributed by atoms with Crippen molar-refractivity contribution < 1.29 is 14.4 Å².